The summed E-state index contributed by atoms with van der Waals surface area (Å²) in [6, 6.07) is 7.37. The Labute approximate surface area is 138 Å². The molecule has 0 amide bonds. The van der Waals surface area contributed by atoms with Crippen LogP contribution < -0.4 is 15.0 Å². The first-order valence-corrected chi connectivity index (χ1v) is 8.14. The fourth-order valence-corrected chi connectivity index (χ4v) is 3.35. The Bertz CT molecular complexity index is 881. The van der Waals surface area contributed by atoms with E-state index in [-0.39, 0.29) is 5.56 Å². The van der Waals surface area contributed by atoms with Crippen molar-refractivity contribution in [2.75, 3.05) is 13.7 Å². The number of aryl methyl sites for hydroxylation is 2. The summed E-state index contributed by atoms with van der Waals surface area (Å²) in [5, 5.41) is 0.722. The Balaban J connectivity index is 1.73. The number of nitrogens with zero attached hydrogens (tertiary/aromatic N) is 2. The minimum atomic E-state index is -0.00446. The summed E-state index contributed by atoms with van der Waals surface area (Å²) < 4.78 is 12.4. The largest absolute Gasteiger partial charge is 0.497 e. The third-order valence-electron chi connectivity index (χ3n) is 3.82. The first-order chi connectivity index (χ1) is 11.1. The molecule has 0 fully saturated rings. The first kappa shape index (κ1) is 15.6. The molecule has 3 rings (SSSR count). The molecule has 3 aromatic rings. The molecule has 0 N–H and O–H groups in total. The van der Waals surface area contributed by atoms with Gasteiger partial charge in [0.05, 0.1) is 25.4 Å². The van der Waals surface area contributed by atoms with E-state index in [2.05, 4.69) is 4.98 Å². The smallest absolute Gasteiger partial charge is 0.262 e. The summed E-state index contributed by atoms with van der Waals surface area (Å²) in [6.45, 7) is 4.84. The van der Waals surface area contributed by atoms with E-state index in [4.69, 9.17) is 9.47 Å². The van der Waals surface area contributed by atoms with Gasteiger partial charge in [0.2, 0.25) is 0 Å². The van der Waals surface area contributed by atoms with Crippen molar-refractivity contribution in [2.45, 2.75) is 20.4 Å². The molecule has 0 unspecified atom stereocenters. The standard InChI is InChI=1S/C17H18N2O3S/c1-11-12(2)23-16-15(11)17(20)19(10-18-16)8-9-22-14-6-4-13(21-3)5-7-14/h4-7,10H,8-9H2,1-3H3. The van der Waals surface area contributed by atoms with Crippen LogP contribution in [0.3, 0.4) is 0 Å². The average Bonchev–Trinajstić information content (AvgIpc) is 2.85. The van der Waals surface area contributed by atoms with Gasteiger partial charge in [-0.25, -0.2) is 4.98 Å². The summed E-state index contributed by atoms with van der Waals surface area (Å²) in [7, 11) is 1.62. The van der Waals surface area contributed by atoms with Crippen LogP contribution in [0.5, 0.6) is 11.5 Å². The number of hydrogen-bond donors (Lipinski definition) is 0. The van der Waals surface area contributed by atoms with Gasteiger partial charge in [-0.05, 0) is 43.7 Å². The lowest BCUT2D eigenvalue weighted by Gasteiger charge is -2.08. The molecule has 5 nitrogen and oxygen atoms in total. The van der Waals surface area contributed by atoms with Gasteiger partial charge in [0.25, 0.3) is 5.56 Å². The Kier molecular flexibility index (Phi) is 4.34. The van der Waals surface area contributed by atoms with Gasteiger partial charge in [-0.2, -0.15) is 0 Å². The Morgan fingerprint density at radius 1 is 1.17 bits per heavy atom. The van der Waals surface area contributed by atoms with E-state index in [1.165, 1.54) is 0 Å². The average molecular weight is 330 g/mol. The summed E-state index contributed by atoms with van der Waals surface area (Å²) in [6.07, 6.45) is 1.59. The predicted molar refractivity (Wildman–Crippen MR) is 91.8 cm³/mol. The monoisotopic (exact) mass is 330 g/mol. The fourth-order valence-electron chi connectivity index (χ4n) is 2.36. The van der Waals surface area contributed by atoms with Gasteiger partial charge < -0.3 is 9.47 Å². The molecular weight excluding hydrogens is 312 g/mol. The SMILES string of the molecule is COc1ccc(OCCn2cnc3sc(C)c(C)c3c2=O)cc1. The van der Waals surface area contributed by atoms with Crippen molar-refractivity contribution in [3.8, 4) is 11.5 Å². The highest BCUT2D eigenvalue weighted by Crippen LogP contribution is 2.25. The molecule has 2 aromatic heterocycles. The van der Waals surface area contributed by atoms with Crippen LogP contribution >= 0.6 is 11.3 Å². The zero-order valence-corrected chi connectivity index (χ0v) is 14.1. The van der Waals surface area contributed by atoms with Crippen LogP contribution in [0.15, 0.2) is 35.4 Å². The molecule has 0 spiro atoms. The topological polar surface area (TPSA) is 53.4 Å². The van der Waals surface area contributed by atoms with E-state index in [0.29, 0.717) is 13.2 Å². The van der Waals surface area contributed by atoms with Crippen molar-refractivity contribution in [1.82, 2.24) is 9.55 Å². The predicted octanol–water partition coefficient (Wildman–Crippen LogP) is 3.16. The van der Waals surface area contributed by atoms with E-state index in [9.17, 15) is 4.79 Å². The van der Waals surface area contributed by atoms with E-state index in [1.54, 1.807) is 29.3 Å². The van der Waals surface area contributed by atoms with Crippen LogP contribution in [0, 0.1) is 13.8 Å². The Morgan fingerprint density at radius 3 is 2.57 bits per heavy atom. The van der Waals surface area contributed by atoms with Crippen LogP contribution in [-0.4, -0.2) is 23.3 Å². The molecule has 1 aromatic carbocycles. The second-order valence-corrected chi connectivity index (χ2v) is 6.43. The number of hydrogen-bond acceptors (Lipinski definition) is 5. The Hall–Kier alpha value is -2.34. The molecule has 0 aliphatic carbocycles. The van der Waals surface area contributed by atoms with Crippen molar-refractivity contribution >= 4 is 21.6 Å². The third kappa shape index (κ3) is 3.07. The normalized spacial score (nSPS) is 10.9. The van der Waals surface area contributed by atoms with Crippen molar-refractivity contribution in [1.29, 1.82) is 0 Å². The van der Waals surface area contributed by atoms with E-state index < -0.39 is 0 Å². The molecule has 0 atom stereocenters. The number of rotatable bonds is 5. The maximum absolute atomic E-state index is 12.5. The Morgan fingerprint density at radius 2 is 1.87 bits per heavy atom. The van der Waals surface area contributed by atoms with Crippen LogP contribution in [0.4, 0.5) is 0 Å². The van der Waals surface area contributed by atoms with Gasteiger partial charge in [0.15, 0.2) is 0 Å². The van der Waals surface area contributed by atoms with Gasteiger partial charge in [-0.15, -0.1) is 11.3 Å². The maximum Gasteiger partial charge on any atom is 0.262 e. The van der Waals surface area contributed by atoms with Crippen LogP contribution in [-0.2, 0) is 6.54 Å². The van der Waals surface area contributed by atoms with Gasteiger partial charge in [-0.1, -0.05) is 0 Å². The van der Waals surface area contributed by atoms with Gasteiger partial charge >= 0.3 is 0 Å². The molecule has 23 heavy (non-hydrogen) atoms. The second-order valence-electron chi connectivity index (χ2n) is 5.23. The number of methoxy groups -OCH3 is 1. The molecule has 0 saturated carbocycles. The highest BCUT2D eigenvalue weighted by Gasteiger charge is 2.11. The molecular formula is C17H18N2O3S. The quantitative estimate of drug-likeness (QED) is 0.721. The summed E-state index contributed by atoms with van der Waals surface area (Å²) in [4.78, 5) is 18.9. The molecule has 0 aliphatic rings. The summed E-state index contributed by atoms with van der Waals surface area (Å²) in [5.74, 6) is 1.53. The van der Waals surface area contributed by atoms with Crippen molar-refractivity contribution in [3.05, 3.63) is 51.4 Å². The van der Waals surface area contributed by atoms with E-state index >= 15 is 0 Å². The maximum atomic E-state index is 12.5. The summed E-state index contributed by atoms with van der Waals surface area (Å²) in [5.41, 5.74) is 1.02. The molecule has 0 radical (unpaired) electrons. The minimum Gasteiger partial charge on any atom is -0.497 e. The second kappa shape index (κ2) is 6.42. The number of aromatic nitrogens is 2. The molecule has 0 aliphatic heterocycles. The van der Waals surface area contributed by atoms with Crippen molar-refractivity contribution in [2.24, 2.45) is 0 Å². The molecule has 120 valence electrons. The van der Waals surface area contributed by atoms with Crippen LogP contribution in [0.25, 0.3) is 10.2 Å². The minimum absolute atomic E-state index is 0.00446. The lowest BCUT2D eigenvalue weighted by molar-refractivity contribution is 0.295. The van der Waals surface area contributed by atoms with Crippen molar-refractivity contribution < 1.29 is 9.47 Å². The van der Waals surface area contributed by atoms with Gasteiger partial charge in [0.1, 0.15) is 22.9 Å². The number of thiophene rings is 1. The van der Waals surface area contributed by atoms with E-state index in [1.807, 2.05) is 38.1 Å². The van der Waals surface area contributed by atoms with Crippen LogP contribution in [0.2, 0.25) is 0 Å². The molecule has 2 heterocycles. The molecule has 0 saturated heterocycles. The van der Waals surface area contributed by atoms with Gasteiger partial charge in [-0.3, -0.25) is 9.36 Å². The van der Waals surface area contributed by atoms with Gasteiger partial charge in [0, 0.05) is 4.88 Å². The number of fused-ring (bicyclic) bond motifs is 1. The first-order valence-electron chi connectivity index (χ1n) is 7.32. The molecule has 6 heteroatoms. The fraction of sp³-hybridized carbons (Fsp3) is 0.294. The van der Waals surface area contributed by atoms with Crippen LogP contribution in [0.1, 0.15) is 10.4 Å². The zero-order valence-electron chi connectivity index (χ0n) is 13.3. The lowest BCUT2D eigenvalue weighted by atomic mass is 10.2. The number of ether oxygens (including phenoxy) is 2. The highest BCUT2D eigenvalue weighted by atomic mass is 32.1. The van der Waals surface area contributed by atoms with Crippen molar-refractivity contribution in [3.63, 3.8) is 0 Å². The zero-order chi connectivity index (χ0) is 16.4. The summed E-state index contributed by atoms with van der Waals surface area (Å²) >= 11 is 1.56. The highest BCUT2D eigenvalue weighted by molar-refractivity contribution is 7.18. The lowest BCUT2D eigenvalue weighted by Crippen LogP contribution is -2.23. The molecule has 0 bridgehead atoms. The van der Waals surface area contributed by atoms with E-state index in [0.717, 1.165) is 32.2 Å². The number of benzene rings is 1. The third-order valence-corrected chi connectivity index (χ3v) is 4.93.